The molecule has 2 rings (SSSR count). The number of carbonyl (C=O) groups excluding carboxylic acids is 2. The van der Waals surface area contributed by atoms with Crippen LogP contribution >= 0.6 is 0 Å². The molecule has 1 N–H and O–H groups in total. The molecule has 1 aromatic carbocycles. The second-order valence-electron chi connectivity index (χ2n) is 4.92. The number of hydrogen-bond acceptors (Lipinski definition) is 4. The molecule has 0 radical (unpaired) electrons. The summed E-state index contributed by atoms with van der Waals surface area (Å²) < 4.78 is 4.51. The lowest BCUT2D eigenvalue weighted by Gasteiger charge is -2.30. The van der Waals surface area contributed by atoms with E-state index in [1.54, 1.807) is 0 Å². The fourth-order valence-corrected chi connectivity index (χ4v) is 2.68. The Morgan fingerprint density at radius 2 is 2.05 bits per heavy atom. The number of methoxy groups -OCH3 is 1. The molecule has 1 saturated carbocycles. The summed E-state index contributed by atoms with van der Waals surface area (Å²) in [4.78, 5) is 23.2. The predicted octanol–water partition coefficient (Wildman–Crippen LogP) is 1.67. The van der Waals surface area contributed by atoms with Crippen molar-refractivity contribution in [2.24, 2.45) is 5.92 Å². The number of esters is 1. The van der Waals surface area contributed by atoms with Crippen LogP contribution in [-0.2, 0) is 14.3 Å². The minimum Gasteiger partial charge on any atom is -0.467 e. The van der Waals surface area contributed by atoms with Gasteiger partial charge in [-0.05, 0) is 24.3 Å². The zero-order valence-electron chi connectivity index (χ0n) is 10.9. The molecular weight excluding hydrogens is 244 g/mol. The Morgan fingerprint density at radius 3 is 2.68 bits per heavy atom. The molecule has 1 aliphatic rings. The van der Waals surface area contributed by atoms with E-state index in [4.69, 9.17) is 0 Å². The Bertz CT molecular complexity index is 454. The lowest BCUT2D eigenvalue weighted by Crippen LogP contribution is -2.39. The summed E-state index contributed by atoms with van der Waals surface area (Å²) in [6.45, 7) is 0. The van der Waals surface area contributed by atoms with Crippen LogP contribution in [0.2, 0.25) is 0 Å². The first-order valence-corrected chi connectivity index (χ1v) is 6.47. The third kappa shape index (κ3) is 3.01. The Hall–Kier alpha value is -1.68. The highest BCUT2D eigenvalue weighted by molar-refractivity contribution is 5.88. The predicted molar refractivity (Wildman–Crippen MR) is 69.6 cm³/mol. The van der Waals surface area contributed by atoms with Gasteiger partial charge in [-0.2, -0.15) is 0 Å². The zero-order valence-corrected chi connectivity index (χ0v) is 10.9. The largest absolute Gasteiger partial charge is 0.467 e. The van der Waals surface area contributed by atoms with E-state index in [0.29, 0.717) is 12.8 Å². The first-order chi connectivity index (χ1) is 9.13. The first-order valence-electron chi connectivity index (χ1n) is 6.47. The molecule has 0 spiro atoms. The minimum absolute atomic E-state index is 0.0509. The topological polar surface area (TPSA) is 63.6 Å². The summed E-state index contributed by atoms with van der Waals surface area (Å²) in [6, 6.07) is 9.89. The molecule has 4 heteroatoms. The van der Waals surface area contributed by atoms with E-state index in [1.165, 1.54) is 7.11 Å². The van der Waals surface area contributed by atoms with Gasteiger partial charge in [-0.1, -0.05) is 30.3 Å². The molecule has 0 aliphatic heterocycles. The maximum Gasteiger partial charge on any atom is 0.335 e. The lowest BCUT2D eigenvalue weighted by molar-refractivity contribution is -0.157. The van der Waals surface area contributed by atoms with Gasteiger partial charge in [0.2, 0.25) is 0 Å². The van der Waals surface area contributed by atoms with Crippen LogP contribution in [0, 0.1) is 5.92 Å². The lowest BCUT2D eigenvalue weighted by atomic mass is 9.75. The summed E-state index contributed by atoms with van der Waals surface area (Å²) in [5, 5.41) is 9.88. The molecule has 0 amide bonds. The van der Waals surface area contributed by atoms with Gasteiger partial charge in [0.05, 0.1) is 13.0 Å². The third-order valence-corrected chi connectivity index (χ3v) is 3.79. The Balaban J connectivity index is 2.12. The molecule has 0 bridgehead atoms. The number of rotatable bonds is 3. The SMILES string of the molecule is COC(=O)[C@H](O)[C@@H]1C[C@@H](c2ccccc2)CCC1=O. The van der Waals surface area contributed by atoms with Crippen molar-refractivity contribution in [3.63, 3.8) is 0 Å². The number of aliphatic hydroxyl groups is 1. The number of aliphatic hydroxyl groups excluding tert-OH is 1. The van der Waals surface area contributed by atoms with E-state index in [9.17, 15) is 14.7 Å². The molecule has 0 heterocycles. The van der Waals surface area contributed by atoms with Crippen molar-refractivity contribution >= 4 is 11.8 Å². The van der Waals surface area contributed by atoms with Crippen LogP contribution in [0.4, 0.5) is 0 Å². The van der Waals surface area contributed by atoms with Gasteiger partial charge >= 0.3 is 5.97 Å². The van der Waals surface area contributed by atoms with Gasteiger partial charge in [0.15, 0.2) is 6.10 Å². The second kappa shape index (κ2) is 5.97. The fourth-order valence-electron chi connectivity index (χ4n) is 2.68. The van der Waals surface area contributed by atoms with Gasteiger partial charge < -0.3 is 9.84 Å². The molecule has 102 valence electrons. The number of ketones is 1. The monoisotopic (exact) mass is 262 g/mol. The van der Waals surface area contributed by atoms with Crippen LogP contribution in [0.15, 0.2) is 30.3 Å². The van der Waals surface area contributed by atoms with Crippen molar-refractivity contribution < 1.29 is 19.4 Å². The zero-order chi connectivity index (χ0) is 13.8. The van der Waals surface area contributed by atoms with E-state index in [2.05, 4.69) is 4.74 Å². The van der Waals surface area contributed by atoms with Crippen molar-refractivity contribution in [2.75, 3.05) is 7.11 Å². The Morgan fingerprint density at radius 1 is 1.37 bits per heavy atom. The molecule has 4 nitrogen and oxygen atoms in total. The average Bonchev–Trinajstić information content (AvgIpc) is 2.47. The molecule has 1 aromatic rings. The maximum absolute atomic E-state index is 11.9. The average molecular weight is 262 g/mol. The standard InChI is InChI=1S/C15H18O4/c1-19-15(18)14(17)12-9-11(7-8-13(12)16)10-5-3-2-4-6-10/h2-6,11-12,14,17H,7-9H2,1H3/t11-,12+,14+/m0/s1. The van der Waals surface area contributed by atoms with Crippen molar-refractivity contribution in [1.29, 1.82) is 0 Å². The summed E-state index contributed by atoms with van der Waals surface area (Å²) in [5.41, 5.74) is 1.15. The summed E-state index contributed by atoms with van der Waals surface area (Å²) in [6.07, 6.45) is 0.328. The van der Waals surface area contributed by atoms with Gasteiger partial charge in [0, 0.05) is 6.42 Å². The molecule has 19 heavy (non-hydrogen) atoms. The fraction of sp³-hybridized carbons (Fsp3) is 0.467. The van der Waals surface area contributed by atoms with Crippen molar-refractivity contribution in [3.8, 4) is 0 Å². The summed E-state index contributed by atoms with van der Waals surface area (Å²) in [5.74, 6) is -1.22. The van der Waals surface area contributed by atoms with Gasteiger partial charge in [-0.3, -0.25) is 4.79 Å². The smallest absolute Gasteiger partial charge is 0.335 e. The molecule has 0 unspecified atom stereocenters. The third-order valence-electron chi connectivity index (χ3n) is 3.79. The summed E-state index contributed by atoms with van der Waals surface area (Å²) in [7, 11) is 1.22. The molecule has 0 aromatic heterocycles. The number of benzene rings is 1. The minimum atomic E-state index is -1.34. The molecular formula is C15H18O4. The van der Waals surface area contributed by atoms with Gasteiger partial charge in [-0.15, -0.1) is 0 Å². The van der Waals surface area contributed by atoms with Crippen LogP contribution in [0.25, 0.3) is 0 Å². The number of ether oxygens (including phenoxy) is 1. The maximum atomic E-state index is 11.9. The van der Waals surface area contributed by atoms with Crippen LogP contribution < -0.4 is 0 Å². The van der Waals surface area contributed by atoms with Crippen molar-refractivity contribution in [2.45, 2.75) is 31.3 Å². The highest BCUT2D eigenvalue weighted by atomic mass is 16.5. The summed E-state index contributed by atoms with van der Waals surface area (Å²) >= 11 is 0. The van der Waals surface area contributed by atoms with Crippen LogP contribution in [0.3, 0.4) is 0 Å². The van der Waals surface area contributed by atoms with E-state index in [-0.39, 0.29) is 11.7 Å². The Labute approximate surface area is 112 Å². The van der Waals surface area contributed by atoms with Crippen LogP contribution in [0.5, 0.6) is 0 Å². The number of carbonyl (C=O) groups is 2. The highest BCUT2D eigenvalue weighted by Crippen LogP contribution is 2.35. The second-order valence-corrected chi connectivity index (χ2v) is 4.92. The van der Waals surface area contributed by atoms with Gasteiger partial charge in [-0.25, -0.2) is 4.79 Å². The van der Waals surface area contributed by atoms with E-state index in [1.807, 2.05) is 30.3 Å². The van der Waals surface area contributed by atoms with Crippen molar-refractivity contribution in [3.05, 3.63) is 35.9 Å². The molecule has 1 fully saturated rings. The number of Topliss-reactive ketones (excluding diaryl/α,β-unsaturated/α-hetero) is 1. The Kier molecular flexibility index (Phi) is 4.32. The molecule has 1 aliphatic carbocycles. The highest BCUT2D eigenvalue weighted by Gasteiger charge is 2.37. The van der Waals surface area contributed by atoms with Gasteiger partial charge in [0.1, 0.15) is 5.78 Å². The normalized spacial score (nSPS) is 24.8. The van der Waals surface area contributed by atoms with E-state index in [0.717, 1.165) is 12.0 Å². The number of hydrogen-bond donors (Lipinski definition) is 1. The van der Waals surface area contributed by atoms with Gasteiger partial charge in [0.25, 0.3) is 0 Å². The molecule has 0 saturated heterocycles. The van der Waals surface area contributed by atoms with E-state index >= 15 is 0 Å². The molecule has 3 atom stereocenters. The van der Waals surface area contributed by atoms with Crippen LogP contribution in [0.1, 0.15) is 30.7 Å². The van der Waals surface area contributed by atoms with E-state index < -0.39 is 18.0 Å². The van der Waals surface area contributed by atoms with Crippen LogP contribution in [-0.4, -0.2) is 30.1 Å². The quantitative estimate of drug-likeness (QED) is 0.842. The first kappa shape index (κ1) is 13.7. The van der Waals surface area contributed by atoms with Crippen molar-refractivity contribution in [1.82, 2.24) is 0 Å².